The molecule has 1 fully saturated rings. The van der Waals surface area contributed by atoms with Crippen LogP contribution in [-0.4, -0.2) is 35.3 Å². The van der Waals surface area contributed by atoms with Crippen LogP contribution in [0, 0.1) is 12.8 Å². The van der Waals surface area contributed by atoms with Gasteiger partial charge in [0, 0.05) is 18.6 Å². The Bertz CT molecular complexity index is 884. The van der Waals surface area contributed by atoms with E-state index in [9.17, 15) is 9.59 Å². The number of hydrogen-bond donors (Lipinski definition) is 2. The van der Waals surface area contributed by atoms with Gasteiger partial charge in [0.2, 0.25) is 5.91 Å². The van der Waals surface area contributed by atoms with Gasteiger partial charge in [0.25, 0.3) is 5.91 Å². The molecule has 5 heteroatoms. The van der Waals surface area contributed by atoms with Gasteiger partial charge in [0.1, 0.15) is 0 Å². The second-order valence-electron chi connectivity index (χ2n) is 9.30. The molecule has 0 saturated carbocycles. The molecular formula is C25H33N3O2. The Morgan fingerprint density at radius 3 is 2.47 bits per heavy atom. The van der Waals surface area contributed by atoms with Gasteiger partial charge in [-0.05, 0) is 64.8 Å². The van der Waals surface area contributed by atoms with Gasteiger partial charge >= 0.3 is 0 Å². The fourth-order valence-corrected chi connectivity index (χ4v) is 3.80. The number of benzene rings is 2. The molecule has 1 aliphatic rings. The van der Waals surface area contributed by atoms with Crippen LogP contribution < -0.4 is 10.6 Å². The summed E-state index contributed by atoms with van der Waals surface area (Å²) >= 11 is 0. The number of piperidine rings is 1. The van der Waals surface area contributed by atoms with Crippen LogP contribution in [0.2, 0.25) is 0 Å². The largest absolute Gasteiger partial charge is 0.347 e. The van der Waals surface area contributed by atoms with Crippen molar-refractivity contribution in [2.75, 3.05) is 18.4 Å². The van der Waals surface area contributed by atoms with Crippen molar-refractivity contribution in [2.24, 2.45) is 5.92 Å². The predicted octanol–water partition coefficient (Wildman–Crippen LogP) is 4.37. The first-order valence-corrected chi connectivity index (χ1v) is 10.7. The second-order valence-corrected chi connectivity index (χ2v) is 9.30. The Hall–Kier alpha value is -2.66. The molecule has 1 heterocycles. The zero-order valence-corrected chi connectivity index (χ0v) is 18.5. The van der Waals surface area contributed by atoms with E-state index < -0.39 is 0 Å². The summed E-state index contributed by atoms with van der Waals surface area (Å²) in [4.78, 5) is 28.0. The molecule has 0 radical (unpaired) electrons. The first kappa shape index (κ1) is 22.0. The Labute approximate surface area is 179 Å². The monoisotopic (exact) mass is 407 g/mol. The van der Waals surface area contributed by atoms with Crippen LogP contribution in [0.3, 0.4) is 0 Å². The van der Waals surface area contributed by atoms with Gasteiger partial charge in [-0.25, -0.2) is 0 Å². The van der Waals surface area contributed by atoms with E-state index in [2.05, 4.69) is 46.7 Å². The molecule has 160 valence electrons. The van der Waals surface area contributed by atoms with Gasteiger partial charge in [-0.2, -0.15) is 0 Å². The molecule has 0 spiro atoms. The summed E-state index contributed by atoms with van der Waals surface area (Å²) in [7, 11) is 0. The fraction of sp³-hybridized carbons (Fsp3) is 0.440. The SMILES string of the molecule is Cc1ccc(CN2CCCC(C(=O)Nc3ccccc3C(=O)NC(C)(C)C)C2)cc1. The quantitative estimate of drug-likeness (QED) is 0.773. The lowest BCUT2D eigenvalue weighted by molar-refractivity contribution is -0.121. The highest BCUT2D eigenvalue weighted by Gasteiger charge is 2.27. The normalized spacial score (nSPS) is 17.4. The van der Waals surface area contributed by atoms with Gasteiger partial charge in [-0.1, -0.05) is 42.0 Å². The van der Waals surface area contributed by atoms with E-state index in [0.29, 0.717) is 11.3 Å². The molecule has 30 heavy (non-hydrogen) atoms. The Kier molecular flexibility index (Phi) is 6.93. The lowest BCUT2D eigenvalue weighted by Crippen LogP contribution is -2.42. The van der Waals surface area contributed by atoms with E-state index in [-0.39, 0.29) is 23.3 Å². The summed E-state index contributed by atoms with van der Waals surface area (Å²) in [5.74, 6) is -0.273. The van der Waals surface area contributed by atoms with Gasteiger partial charge in [0.15, 0.2) is 0 Å². The van der Waals surface area contributed by atoms with Crippen molar-refractivity contribution < 1.29 is 9.59 Å². The molecule has 1 unspecified atom stereocenters. The summed E-state index contributed by atoms with van der Waals surface area (Å²) in [6, 6.07) is 15.8. The molecular weight excluding hydrogens is 374 g/mol. The fourth-order valence-electron chi connectivity index (χ4n) is 3.80. The van der Waals surface area contributed by atoms with Crippen LogP contribution in [0.1, 0.15) is 55.1 Å². The second kappa shape index (κ2) is 9.43. The predicted molar refractivity (Wildman–Crippen MR) is 121 cm³/mol. The van der Waals surface area contributed by atoms with E-state index in [4.69, 9.17) is 0 Å². The third kappa shape index (κ3) is 6.17. The van der Waals surface area contributed by atoms with Gasteiger partial charge in [-0.15, -0.1) is 0 Å². The maximum atomic E-state index is 13.0. The molecule has 1 saturated heterocycles. The van der Waals surface area contributed by atoms with Crippen molar-refractivity contribution in [3.8, 4) is 0 Å². The third-order valence-corrected chi connectivity index (χ3v) is 5.32. The number of nitrogens with zero attached hydrogens (tertiary/aromatic N) is 1. The highest BCUT2D eigenvalue weighted by molar-refractivity contribution is 6.04. The summed E-state index contributed by atoms with van der Waals surface area (Å²) < 4.78 is 0. The van der Waals surface area contributed by atoms with E-state index >= 15 is 0 Å². The molecule has 0 bridgehead atoms. The van der Waals surface area contributed by atoms with Crippen LogP contribution in [-0.2, 0) is 11.3 Å². The van der Waals surface area contributed by atoms with Gasteiger partial charge in [0.05, 0.1) is 17.2 Å². The molecule has 2 aromatic carbocycles. The Morgan fingerprint density at radius 2 is 1.77 bits per heavy atom. The van der Waals surface area contributed by atoms with E-state index in [0.717, 1.165) is 32.5 Å². The topological polar surface area (TPSA) is 61.4 Å². The average molecular weight is 408 g/mol. The number of nitrogens with one attached hydrogen (secondary N) is 2. The Morgan fingerprint density at radius 1 is 1.07 bits per heavy atom. The highest BCUT2D eigenvalue weighted by Crippen LogP contribution is 2.22. The smallest absolute Gasteiger partial charge is 0.253 e. The number of likely N-dealkylation sites (tertiary alicyclic amines) is 1. The number of carbonyl (C=O) groups is 2. The minimum atomic E-state index is -0.339. The molecule has 0 aromatic heterocycles. The van der Waals surface area contributed by atoms with Gasteiger partial charge < -0.3 is 10.6 Å². The molecule has 5 nitrogen and oxygen atoms in total. The number of para-hydroxylation sites is 1. The lowest BCUT2D eigenvalue weighted by atomic mass is 9.96. The van der Waals surface area contributed by atoms with Crippen molar-refractivity contribution in [3.05, 3.63) is 65.2 Å². The van der Waals surface area contributed by atoms with Crippen molar-refractivity contribution in [1.82, 2.24) is 10.2 Å². The van der Waals surface area contributed by atoms with Crippen molar-refractivity contribution in [2.45, 2.75) is 52.6 Å². The zero-order valence-electron chi connectivity index (χ0n) is 18.5. The van der Waals surface area contributed by atoms with E-state index in [1.807, 2.05) is 32.9 Å². The summed E-state index contributed by atoms with van der Waals surface area (Å²) in [6.07, 6.45) is 1.86. The van der Waals surface area contributed by atoms with Crippen LogP contribution in [0.4, 0.5) is 5.69 Å². The molecule has 2 N–H and O–H groups in total. The van der Waals surface area contributed by atoms with E-state index in [1.165, 1.54) is 11.1 Å². The standard InChI is InChI=1S/C25H33N3O2/c1-18-11-13-19(14-12-18)16-28-15-7-8-20(17-28)23(29)26-22-10-6-5-9-21(22)24(30)27-25(2,3)4/h5-6,9-14,20H,7-8,15-17H2,1-4H3,(H,26,29)(H,27,30). The van der Waals surface area contributed by atoms with Crippen LogP contribution in [0.5, 0.6) is 0 Å². The maximum absolute atomic E-state index is 13.0. The number of amides is 2. The molecule has 2 aromatic rings. The number of aryl methyl sites for hydroxylation is 1. The summed E-state index contributed by atoms with van der Waals surface area (Å²) in [6.45, 7) is 10.5. The van der Waals surface area contributed by atoms with E-state index in [1.54, 1.807) is 12.1 Å². The first-order valence-electron chi connectivity index (χ1n) is 10.7. The summed E-state index contributed by atoms with van der Waals surface area (Å²) in [5.41, 5.74) is 3.25. The van der Waals surface area contributed by atoms with Crippen LogP contribution >= 0.6 is 0 Å². The number of carbonyl (C=O) groups excluding carboxylic acids is 2. The maximum Gasteiger partial charge on any atom is 0.253 e. The van der Waals surface area contributed by atoms with Gasteiger partial charge in [-0.3, -0.25) is 14.5 Å². The van der Waals surface area contributed by atoms with Crippen molar-refractivity contribution in [1.29, 1.82) is 0 Å². The minimum Gasteiger partial charge on any atom is -0.347 e. The average Bonchev–Trinajstić information content (AvgIpc) is 2.69. The van der Waals surface area contributed by atoms with Crippen LogP contribution in [0.15, 0.2) is 48.5 Å². The highest BCUT2D eigenvalue weighted by atomic mass is 16.2. The lowest BCUT2D eigenvalue weighted by Gasteiger charge is -2.32. The number of rotatable bonds is 5. The van der Waals surface area contributed by atoms with Crippen molar-refractivity contribution >= 4 is 17.5 Å². The molecule has 1 aliphatic heterocycles. The number of anilines is 1. The number of hydrogen-bond acceptors (Lipinski definition) is 3. The summed E-state index contributed by atoms with van der Waals surface area (Å²) in [5, 5.41) is 5.98. The van der Waals surface area contributed by atoms with Crippen LogP contribution in [0.25, 0.3) is 0 Å². The molecule has 3 rings (SSSR count). The molecule has 0 aliphatic carbocycles. The Balaban J connectivity index is 1.64. The molecule has 1 atom stereocenters. The zero-order chi connectivity index (χ0) is 21.7. The minimum absolute atomic E-state index is 0.0142. The molecule has 2 amide bonds. The van der Waals surface area contributed by atoms with Crippen molar-refractivity contribution in [3.63, 3.8) is 0 Å². The first-order chi connectivity index (χ1) is 14.2. The third-order valence-electron chi connectivity index (χ3n) is 5.32.